The molecular formula is C41H44N8O7. The number of anilines is 1. The van der Waals surface area contributed by atoms with Crippen molar-refractivity contribution in [3.8, 4) is 23.0 Å². The topological polar surface area (TPSA) is 181 Å². The highest BCUT2D eigenvalue weighted by atomic mass is 16.5. The Labute approximate surface area is 324 Å². The monoisotopic (exact) mass is 760 g/mol. The molecule has 4 amide bonds. The van der Waals surface area contributed by atoms with E-state index < -0.39 is 36.0 Å². The van der Waals surface area contributed by atoms with Crippen molar-refractivity contribution in [1.82, 2.24) is 35.3 Å². The molecule has 1 saturated carbocycles. The molecule has 290 valence electrons. The van der Waals surface area contributed by atoms with Crippen LogP contribution in [0.2, 0.25) is 0 Å². The number of para-hydroxylation sites is 2. The molecule has 0 bridgehead atoms. The van der Waals surface area contributed by atoms with Gasteiger partial charge in [-0.25, -0.2) is 9.59 Å². The molecule has 6 rings (SSSR count). The summed E-state index contributed by atoms with van der Waals surface area (Å²) in [5.41, 5.74) is 1.76. The average Bonchev–Trinajstić information content (AvgIpc) is 3.66. The van der Waals surface area contributed by atoms with Crippen LogP contribution in [-0.2, 0) is 22.7 Å². The molecule has 0 saturated heterocycles. The zero-order valence-corrected chi connectivity index (χ0v) is 31.2. The molecule has 1 aliphatic rings. The van der Waals surface area contributed by atoms with Crippen molar-refractivity contribution in [2.75, 3.05) is 18.4 Å². The van der Waals surface area contributed by atoms with Gasteiger partial charge in [-0.2, -0.15) is 0 Å². The van der Waals surface area contributed by atoms with Gasteiger partial charge in [-0.1, -0.05) is 79.6 Å². The van der Waals surface area contributed by atoms with E-state index in [9.17, 15) is 24.3 Å². The average molecular weight is 761 g/mol. The molecule has 0 unspecified atom stereocenters. The van der Waals surface area contributed by atoms with Crippen LogP contribution in [0.1, 0.15) is 44.2 Å². The van der Waals surface area contributed by atoms with Crippen LogP contribution in [0.25, 0.3) is 0 Å². The number of tetrazole rings is 1. The molecule has 15 nitrogen and oxygen atoms in total. The highest BCUT2D eigenvalue weighted by Gasteiger charge is 2.52. The summed E-state index contributed by atoms with van der Waals surface area (Å²) in [6.45, 7) is 5.43. The number of amides is 4. The SMILES string of the molecule is CCCN(Cc1ccc(Oc2ccccc2)cc1)C(=O)[C@H]1[C@@H](NC(=O)Nc2nnnn2C(=O)O)C[C@@H]1C(=O)N(CCC)Cc1ccc(Oc2ccccc2)cc1. The number of rotatable bonds is 16. The lowest BCUT2D eigenvalue weighted by molar-refractivity contribution is -0.155. The molecule has 4 aromatic carbocycles. The van der Waals surface area contributed by atoms with Crippen molar-refractivity contribution in [1.29, 1.82) is 0 Å². The normalized spacial score (nSPS) is 15.9. The summed E-state index contributed by atoms with van der Waals surface area (Å²) >= 11 is 0. The zero-order chi connectivity index (χ0) is 39.4. The maximum absolute atomic E-state index is 14.6. The van der Waals surface area contributed by atoms with Crippen LogP contribution < -0.4 is 20.1 Å². The van der Waals surface area contributed by atoms with Crippen LogP contribution in [0.3, 0.4) is 0 Å². The van der Waals surface area contributed by atoms with Gasteiger partial charge in [0.1, 0.15) is 23.0 Å². The lowest BCUT2D eigenvalue weighted by atomic mass is 9.67. The molecule has 56 heavy (non-hydrogen) atoms. The van der Waals surface area contributed by atoms with E-state index in [1.807, 2.05) is 123 Å². The number of benzene rings is 4. The number of ether oxygens (including phenoxy) is 2. The van der Waals surface area contributed by atoms with Gasteiger partial charge in [-0.3, -0.25) is 14.9 Å². The van der Waals surface area contributed by atoms with Crippen molar-refractivity contribution < 1.29 is 33.8 Å². The van der Waals surface area contributed by atoms with Crippen LogP contribution in [-0.4, -0.2) is 78.2 Å². The Hall–Kier alpha value is -6.77. The minimum Gasteiger partial charge on any atom is -0.463 e. The number of carbonyl (C=O) groups excluding carboxylic acids is 3. The maximum Gasteiger partial charge on any atom is 0.436 e. The zero-order valence-electron chi connectivity index (χ0n) is 31.2. The Kier molecular flexibility index (Phi) is 12.9. The second-order valence-electron chi connectivity index (χ2n) is 13.4. The van der Waals surface area contributed by atoms with Gasteiger partial charge in [0.15, 0.2) is 0 Å². The number of carboxylic acid groups (broad SMARTS) is 1. The number of hydrogen-bond donors (Lipinski definition) is 3. The Morgan fingerprint density at radius 2 is 1.20 bits per heavy atom. The van der Waals surface area contributed by atoms with E-state index in [0.717, 1.165) is 11.1 Å². The number of aromatic nitrogens is 4. The lowest BCUT2D eigenvalue weighted by Crippen LogP contribution is -2.62. The molecule has 1 fully saturated rings. The van der Waals surface area contributed by atoms with Gasteiger partial charge in [0, 0.05) is 32.2 Å². The van der Waals surface area contributed by atoms with Gasteiger partial charge < -0.3 is 29.7 Å². The van der Waals surface area contributed by atoms with E-state index in [2.05, 4.69) is 26.2 Å². The van der Waals surface area contributed by atoms with Crippen molar-refractivity contribution in [2.45, 2.75) is 52.2 Å². The minimum absolute atomic E-state index is 0.193. The van der Waals surface area contributed by atoms with Crippen molar-refractivity contribution in [3.05, 3.63) is 120 Å². The molecule has 1 aliphatic carbocycles. The summed E-state index contributed by atoms with van der Waals surface area (Å²) in [6, 6.07) is 32.3. The first kappa shape index (κ1) is 38.9. The Bertz CT molecular complexity index is 2080. The molecule has 0 radical (unpaired) electrons. The van der Waals surface area contributed by atoms with E-state index in [4.69, 9.17) is 9.47 Å². The number of nitrogens with zero attached hydrogens (tertiary/aromatic N) is 6. The number of hydrogen-bond acceptors (Lipinski definition) is 9. The molecule has 5 aromatic rings. The molecule has 0 spiro atoms. The molecular weight excluding hydrogens is 716 g/mol. The minimum atomic E-state index is -1.49. The molecule has 3 N–H and O–H groups in total. The third kappa shape index (κ3) is 9.85. The Morgan fingerprint density at radius 1 is 0.714 bits per heavy atom. The van der Waals surface area contributed by atoms with Gasteiger partial charge in [0.2, 0.25) is 11.8 Å². The van der Waals surface area contributed by atoms with Crippen LogP contribution in [0.5, 0.6) is 23.0 Å². The van der Waals surface area contributed by atoms with Crippen molar-refractivity contribution in [3.63, 3.8) is 0 Å². The first-order chi connectivity index (χ1) is 27.2. The summed E-state index contributed by atoms with van der Waals surface area (Å²) in [7, 11) is 0. The third-order valence-corrected chi connectivity index (χ3v) is 9.33. The first-order valence-corrected chi connectivity index (χ1v) is 18.5. The summed E-state index contributed by atoms with van der Waals surface area (Å²) < 4.78 is 12.3. The molecule has 15 heteroatoms. The smallest absolute Gasteiger partial charge is 0.436 e. The van der Waals surface area contributed by atoms with Gasteiger partial charge in [0.05, 0.1) is 11.8 Å². The highest BCUT2D eigenvalue weighted by Crippen LogP contribution is 2.39. The van der Waals surface area contributed by atoms with Gasteiger partial charge in [0.25, 0.3) is 5.95 Å². The lowest BCUT2D eigenvalue weighted by Gasteiger charge is -2.46. The van der Waals surface area contributed by atoms with Gasteiger partial charge >= 0.3 is 12.1 Å². The second-order valence-corrected chi connectivity index (χ2v) is 13.4. The van der Waals surface area contributed by atoms with Crippen LogP contribution in [0.15, 0.2) is 109 Å². The Morgan fingerprint density at radius 3 is 1.68 bits per heavy atom. The predicted octanol–water partition coefficient (Wildman–Crippen LogP) is 6.79. The number of urea groups is 1. The third-order valence-electron chi connectivity index (χ3n) is 9.33. The van der Waals surface area contributed by atoms with E-state index in [0.29, 0.717) is 60.2 Å². The van der Waals surface area contributed by atoms with Gasteiger partial charge in [-0.05, 0) is 89.3 Å². The van der Waals surface area contributed by atoms with Gasteiger partial charge in [-0.15, -0.1) is 4.68 Å². The van der Waals surface area contributed by atoms with Crippen LogP contribution in [0.4, 0.5) is 15.5 Å². The fraction of sp³-hybridized carbons (Fsp3) is 0.293. The fourth-order valence-electron chi connectivity index (χ4n) is 6.63. The van der Waals surface area contributed by atoms with E-state index in [1.54, 1.807) is 9.80 Å². The van der Waals surface area contributed by atoms with E-state index in [-0.39, 0.29) is 24.8 Å². The summed E-state index contributed by atoms with van der Waals surface area (Å²) in [5.74, 6) is 0.244. The quantitative estimate of drug-likeness (QED) is 0.0907. The van der Waals surface area contributed by atoms with Crippen molar-refractivity contribution >= 4 is 29.9 Å². The van der Waals surface area contributed by atoms with Crippen LogP contribution >= 0.6 is 0 Å². The number of nitrogens with one attached hydrogen (secondary N) is 2. The largest absolute Gasteiger partial charge is 0.463 e. The molecule has 1 heterocycles. The summed E-state index contributed by atoms with van der Waals surface area (Å²) in [5, 5.41) is 24.7. The first-order valence-electron chi connectivity index (χ1n) is 18.5. The van der Waals surface area contributed by atoms with E-state index >= 15 is 0 Å². The molecule has 1 aromatic heterocycles. The molecule has 3 atom stereocenters. The summed E-state index contributed by atoms with van der Waals surface area (Å²) in [4.78, 5) is 57.0. The summed E-state index contributed by atoms with van der Waals surface area (Å²) in [6.07, 6.45) is 0.0639. The molecule has 0 aliphatic heterocycles. The Balaban J connectivity index is 1.19. The predicted molar refractivity (Wildman–Crippen MR) is 206 cm³/mol. The number of carbonyl (C=O) groups is 4. The van der Waals surface area contributed by atoms with Crippen LogP contribution in [0, 0.1) is 11.8 Å². The van der Waals surface area contributed by atoms with E-state index in [1.165, 1.54) is 0 Å². The second kappa shape index (κ2) is 18.5. The standard InChI is InChI=1S/C41H44N8O7/c1-3-23-47(26-28-15-19-32(20-16-28)55-30-11-7-5-8-12-30)37(50)34-25-35(42-40(52)43-39-44-45-46-49(39)41(53)54)36(34)38(51)48(24-4-2)27-29-17-21-33(22-18-29)56-31-13-9-6-10-14-31/h5-22,34-36H,3-4,23-27H2,1-2H3,(H,53,54)(H2,42,43,44,46,52)/t34-,35-,36+/m0/s1. The highest BCUT2D eigenvalue weighted by molar-refractivity contribution is 5.93. The van der Waals surface area contributed by atoms with Crippen molar-refractivity contribution in [2.24, 2.45) is 11.8 Å². The fourth-order valence-corrected chi connectivity index (χ4v) is 6.63. The maximum atomic E-state index is 14.6.